The lowest BCUT2D eigenvalue weighted by Gasteiger charge is -2.02. The van der Waals surface area contributed by atoms with E-state index in [-0.39, 0.29) is 5.82 Å². The van der Waals surface area contributed by atoms with Gasteiger partial charge in [0.2, 0.25) is 0 Å². The molecule has 76 valence electrons. The van der Waals surface area contributed by atoms with E-state index >= 15 is 0 Å². The third kappa shape index (κ3) is 2.83. The van der Waals surface area contributed by atoms with Crippen LogP contribution in [0.25, 0.3) is 0 Å². The van der Waals surface area contributed by atoms with E-state index < -0.39 is 0 Å². The molecule has 15 heavy (non-hydrogen) atoms. The molecule has 2 aromatic rings. The van der Waals surface area contributed by atoms with Crippen molar-refractivity contribution in [2.24, 2.45) is 0 Å². The average Bonchev–Trinajstić information content (AvgIpc) is 2.22. The minimum absolute atomic E-state index is 0.191. The van der Waals surface area contributed by atoms with Crippen LogP contribution >= 0.6 is 11.8 Å². The molecule has 0 fully saturated rings. The highest BCUT2D eigenvalue weighted by atomic mass is 32.2. The molecule has 0 saturated carbocycles. The summed E-state index contributed by atoms with van der Waals surface area (Å²) in [6.45, 7) is 2.06. The number of rotatable bonds is 2. The zero-order valence-corrected chi connectivity index (χ0v) is 9.22. The lowest BCUT2D eigenvalue weighted by Crippen LogP contribution is -1.77. The highest BCUT2D eigenvalue weighted by Crippen LogP contribution is 2.27. The van der Waals surface area contributed by atoms with Crippen LogP contribution in [0.1, 0.15) is 5.56 Å². The Morgan fingerprint density at radius 1 is 0.933 bits per heavy atom. The van der Waals surface area contributed by atoms with Crippen LogP contribution in [-0.2, 0) is 0 Å². The Morgan fingerprint density at radius 2 is 1.67 bits per heavy atom. The quantitative estimate of drug-likeness (QED) is 0.724. The van der Waals surface area contributed by atoms with Crippen LogP contribution in [0.4, 0.5) is 4.39 Å². The van der Waals surface area contributed by atoms with Gasteiger partial charge in [0.05, 0.1) is 0 Å². The maximum absolute atomic E-state index is 12.7. The molecule has 0 unspecified atom stereocenters. The van der Waals surface area contributed by atoms with Gasteiger partial charge in [-0.15, -0.1) is 0 Å². The highest BCUT2D eigenvalue weighted by molar-refractivity contribution is 7.99. The minimum Gasteiger partial charge on any atom is -0.207 e. The number of hydrogen-bond acceptors (Lipinski definition) is 1. The van der Waals surface area contributed by atoms with Crippen molar-refractivity contribution in [1.29, 1.82) is 0 Å². The van der Waals surface area contributed by atoms with Crippen molar-refractivity contribution in [2.45, 2.75) is 16.7 Å². The van der Waals surface area contributed by atoms with E-state index in [1.807, 2.05) is 6.07 Å². The van der Waals surface area contributed by atoms with Gasteiger partial charge in [-0.2, -0.15) is 0 Å². The molecule has 2 heteroatoms. The monoisotopic (exact) mass is 218 g/mol. The SMILES string of the molecule is Cc1cccc(Sc2ccc(F)cc2)c1. The van der Waals surface area contributed by atoms with Crippen LogP contribution in [0.5, 0.6) is 0 Å². The Morgan fingerprint density at radius 3 is 2.33 bits per heavy atom. The molecule has 0 bridgehead atoms. The first-order valence-corrected chi connectivity index (χ1v) is 5.56. The fourth-order valence-electron chi connectivity index (χ4n) is 1.32. The number of hydrogen-bond donors (Lipinski definition) is 0. The fourth-order valence-corrected chi connectivity index (χ4v) is 2.25. The predicted molar refractivity (Wildman–Crippen MR) is 61.7 cm³/mol. The van der Waals surface area contributed by atoms with Gasteiger partial charge in [-0.25, -0.2) is 4.39 Å². The molecule has 0 aromatic heterocycles. The summed E-state index contributed by atoms with van der Waals surface area (Å²) in [5.74, 6) is -0.191. The van der Waals surface area contributed by atoms with Gasteiger partial charge in [0, 0.05) is 9.79 Å². The van der Waals surface area contributed by atoms with E-state index in [9.17, 15) is 4.39 Å². The normalized spacial score (nSPS) is 10.3. The molecule has 0 radical (unpaired) electrons. The van der Waals surface area contributed by atoms with E-state index in [4.69, 9.17) is 0 Å². The van der Waals surface area contributed by atoms with Crippen molar-refractivity contribution in [3.63, 3.8) is 0 Å². The Labute approximate surface area is 93.1 Å². The second-order valence-corrected chi connectivity index (χ2v) is 4.52. The number of aryl methyl sites for hydroxylation is 1. The standard InChI is InChI=1S/C13H11FS/c1-10-3-2-4-13(9-10)15-12-7-5-11(14)6-8-12/h2-9H,1H3. The van der Waals surface area contributed by atoms with Gasteiger partial charge < -0.3 is 0 Å². The van der Waals surface area contributed by atoms with Gasteiger partial charge in [-0.05, 0) is 43.3 Å². The topological polar surface area (TPSA) is 0 Å². The van der Waals surface area contributed by atoms with Gasteiger partial charge in [0.15, 0.2) is 0 Å². The van der Waals surface area contributed by atoms with Crippen LogP contribution in [0, 0.1) is 12.7 Å². The minimum atomic E-state index is -0.191. The molecule has 0 amide bonds. The molecular formula is C13H11FS. The summed E-state index contributed by atoms with van der Waals surface area (Å²) in [6, 6.07) is 14.8. The van der Waals surface area contributed by atoms with E-state index in [2.05, 4.69) is 25.1 Å². The molecule has 0 saturated heterocycles. The lowest BCUT2D eigenvalue weighted by molar-refractivity contribution is 0.626. The summed E-state index contributed by atoms with van der Waals surface area (Å²) in [5, 5.41) is 0. The van der Waals surface area contributed by atoms with Gasteiger partial charge >= 0.3 is 0 Å². The van der Waals surface area contributed by atoms with Crippen molar-refractivity contribution in [1.82, 2.24) is 0 Å². The Bertz CT molecular complexity index is 448. The third-order valence-electron chi connectivity index (χ3n) is 2.04. The molecule has 2 rings (SSSR count). The molecule has 0 N–H and O–H groups in total. The van der Waals surface area contributed by atoms with Crippen molar-refractivity contribution in [2.75, 3.05) is 0 Å². The van der Waals surface area contributed by atoms with Crippen LogP contribution in [0.3, 0.4) is 0 Å². The van der Waals surface area contributed by atoms with Crippen LogP contribution in [-0.4, -0.2) is 0 Å². The first-order valence-electron chi connectivity index (χ1n) is 4.74. The highest BCUT2D eigenvalue weighted by Gasteiger charge is 1.97. The summed E-state index contributed by atoms with van der Waals surface area (Å²) < 4.78 is 12.7. The molecule has 0 heterocycles. The Kier molecular flexibility index (Phi) is 3.07. The van der Waals surface area contributed by atoms with E-state index in [0.29, 0.717) is 0 Å². The van der Waals surface area contributed by atoms with Gasteiger partial charge in [-0.3, -0.25) is 0 Å². The first-order chi connectivity index (χ1) is 7.24. The molecule has 0 atom stereocenters. The van der Waals surface area contributed by atoms with Crippen molar-refractivity contribution in [3.05, 3.63) is 59.9 Å². The van der Waals surface area contributed by atoms with Gasteiger partial charge in [0.25, 0.3) is 0 Å². The first kappa shape index (κ1) is 10.2. The maximum atomic E-state index is 12.7. The van der Waals surface area contributed by atoms with Crippen LogP contribution in [0.2, 0.25) is 0 Å². The smallest absolute Gasteiger partial charge is 0.123 e. The van der Waals surface area contributed by atoms with Crippen molar-refractivity contribution < 1.29 is 4.39 Å². The van der Waals surface area contributed by atoms with Crippen molar-refractivity contribution in [3.8, 4) is 0 Å². The summed E-state index contributed by atoms with van der Waals surface area (Å²) >= 11 is 1.64. The zero-order chi connectivity index (χ0) is 10.7. The maximum Gasteiger partial charge on any atom is 0.123 e. The third-order valence-corrected chi connectivity index (χ3v) is 3.04. The average molecular weight is 218 g/mol. The molecular weight excluding hydrogens is 207 g/mol. The van der Waals surface area contributed by atoms with Gasteiger partial charge in [-0.1, -0.05) is 29.5 Å². The largest absolute Gasteiger partial charge is 0.207 e. The second-order valence-electron chi connectivity index (χ2n) is 3.37. The summed E-state index contributed by atoms with van der Waals surface area (Å²) in [7, 11) is 0. The van der Waals surface area contributed by atoms with Crippen LogP contribution in [0.15, 0.2) is 58.3 Å². The number of benzene rings is 2. The predicted octanol–water partition coefficient (Wildman–Crippen LogP) is 4.29. The Hall–Kier alpha value is -1.28. The van der Waals surface area contributed by atoms with Gasteiger partial charge in [0.1, 0.15) is 5.82 Å². The zero-order valence-electron chi connectivity index (χ0n) is 8.41. The van der Waals surface area contributed by atoms with E-state index in [1.54, 1.807) is 23.9 Å². The van der Waals surface area contributed by atoms with E-state index in [0.717, 1.165) is 4.90 Å². The fraction of sp³-hybridized carbons (Fsp3) is 0.0769. The molecule has 0 aliphatic carbocycles. The molecule has 2 aromatic carbocycles. The lowest BCUT2D eigenvalue weighted by atomic mass is 10.2. The Balaban J connectivity index is 2.18. The van der Waals surface area contributed by atoms with Crippen LogP contribution < -0.4 is 0 Å². The molecule has 0 aliphatic rings. The van der Waals surface area contributed by atoms with Crippen molar-refractivity contribution >= 4 is 11.8 Å². The summed E-state index contributed by atoms with van der Waals surface area (Å²) in [5.41, 5.74) is 1.24. The summed E-state index contributed by atoms with van der Waals surface area (Å²) in [4.78, 5) is 2.24. The summed E-state index contributed by atoms with van der Waals surface area (Å²) in [6.07, 6.45) is 0. The molecule has 0 spiro atoms. The number of halogens is 1. The second kappa shape index (κ2) is 4.49. The van der Waals surface area contributed by atoms with E-state index in [1.165, 1.54) is 22.6 Å². The molecule has 0 aliphatic heterocycles. The molecule has 0 nitrogen and oxygen atoms in total.